The summed E-state index contributed by atoms with van der Waals surface area (Å²) in [5.41, 5.74) is 0.976. The molecular weight excluding hydrogens is 316 g/mol. The summed E-state index contributed by atoms with van der Waals surface area (Å²) in [4.78, 5) is 21.6. The number of nitrogens with zero attached hydrogens (tertiary/aromatic N) is 3. The quantitative estimate of drug-likeness (QED) is 0.910. The number of carbonyl (C=O) groups is 1. The first-order valence-electron chi connectivity index (χ1n) is 9.35. The highest BCUT2D eigenvalue weighted by molar-refractivity contribution is 5.75. The predicted octanol–water partition coefficient (Wildman–Crippen LogP) is 2.64. The minimum atomic E-state index is 0.0430. The van der Waals surface area contributed by atoms with Crippen LogP contribution in [0.15, 0.2) is 18.3 Å². The fourth-order valence-corrected chi connectivity index (χ4v) is 3.96. The van der Waals surface area contributed by atoms with Crippen LogP contribution in [0.25, 0.3) is 0 Å². The number of hydrogen-bond donors (Lipinski definition) is 1. The maximum atomic E-state index is 12.8. The zero-order valence-electron chi connectivity index (χ0n) is 15.6. The summed E-state index contributed by atoms with van der Waals surface area (Å²) in [7, 11) is 2.16. The highest BCUT2D eigenvalue weighted by Gasteiger charge is 2.44. The van der Waals surface area contributed by atoms with Gasteiger partial charge in [0.05, 0.1) is 6.10 Å². The van der Waals surface area contributed by atoms with Crippen molar-refractivity contribution < 1.29 is 9.53 Å². The molecule has 2 saturated heterocycles. The highest BCUT2D eigenvalue weighted by atomic mass is 16.5. The molecule has 6 nitrogen and oxygen atoms in total. The normalized spacial score (nSPS) is 20.2. The maximum Gasteiger partial charge on any atom is 0.318 e. The average molecular weight is 346 g/mol. The first-order chi connectivity index (χ1) is 12.0. The van der Waals surface area contributed by atoms with Crippen molar-refractivity contribution in [2.24, 2.45) is 0 Å². The molecule has 25 heavy (non-hydrogen) atoms. The van der Waals surface area contributed by atoms with Gasteiger partial charge in [-0.05, 0) is 52.6 Å². The van der Waals surface area contributed by atoms with Crippen LogP contribution in [-0.4, -0.2) is 59.1 Å². The Bertz CT molecular complexity index is 597. The molecule has 1 spiro atoms. The Hall–Kier alpha value is -1.82. The molecule has 2 aliphatic rings. The van der Waals surface area contributed by atoms with Crippen LogP contribution in [-0.2, 0) is 6.54 Å². The third kappa shape index (κ3) is 4.06. The summed E-state index contributed by atoms with van der Waals surface area (Å²) in [5.74, 6) is 0.605. The SMILES string of the molecule is CC(C)Oc1ncccc1CNC(=O)N1CCCC12CCN(C)CC2. The van der Waals surface area contributed by atoms with E-state index in [2.05, 4.69) is 27.1 Å². The number of nitrogens with one attached hydrogen (secondary N) is 1. The largest absolute Gasteiger partial charge is 0.475 e. The minimum absolute atomic E-state index is 0.0430. The van der Waals surface area contributed by atoms with E-state index in [0.717, 1.165) is 50.9 Å². The number of amides is 2. The molecular formula is C19H30N4O2. The van der Waals surface area contributed by atoms with Crippen molar-refractivity contribution in [1.82, 2.24) is 20.1 Å². The van der Waals surface area contributed by atoms with Gasteiger partial charge < -0.3 is 19.9 Å². The van der Waals surface area contributed by atoms with Crippen LogP contribution in [0.4, 0.5) is 4.79 Å². The molecule has 0 aliphatic carbocycles. The second-order valence-electron chi connectivity index (χ2n) is 7.58. The van der Waals surface area contributed by atoms with Crippen molar-refractivity contribution in [2.75, 3.05) is 26.7 Å². The van der Waals surface area contributed by atoms with Crippen molar-refractivity contribution in [3.8, 4) is 5.88 Å². The van der Waals surface area contributed by atoms with Gasteiger partial charge in [-0.3, -0.25) is 0 Å². The number of rotatable bonds is 4. The molecule has 6 heteroatoms. The number of ether oxygens (including phenoxy) is 1. The lowest BCUT2D eigenvalue weighted by molar-refractivity contribution is 0.0828. The zero-order valence-corrected chi connectivity index (χ0v) is 15.6. The number of urea groups is 1. The van der Waals surface area contributed by atoms with Crippen LogP contribution in [0.3, 0.4) is 0 Å². The lowest BCUT2D eigenvalue weighted by atomic mass is 9.85. The van der Waals surface area contributed by atoms with E-state index in [1.54, 1.807) is 6.20 Å². The van der Waals surface area contributed by atoms with Gasteiger partial charge in [0.1, 0.15) is 0 Å². The zero-order chi connectivity index (χ0) is 17.9. The lowest BCUT2D eigenvalue weighted by Crippen LogP contribution is -2.55. The second-order valence-corrected chi connectivity index (χ2v) is 7.58. The van der Waals surface area contributed by atoms with Gasteiger partial charge in [-0.15, -0.1) is 0 Å². The van der Waals surface area contributed by atoms with Gasteiger partial charge in [0, 0.05) is 43.5 Å². The molecule has 0 radical (unpaired) electrons. The Morgan fingerprint density at radius 2 is 2.08 bits per heavy atom. The van der Waals surface area contributed by atoms with Gasteiger partial charge in [0.25, 0.3) is 0 Å². The summed E-state index contributed by atoms with van der Waals surface area (Å²) in [5, 5.41) is 3.09. The average Bonchev–Trinajstić information content (AvgIpc) is 3.00. The summed E-state index contributed by atoms with van der Waals surface area (Å²) in [6.07, 6.45) is 6.16. The van der Waals surface area contributed by atoms with Gasteiger partial charge in [-0.1, -0.05) is 6.07 Å². The predicted molar refractivity (Wildman–Crippen MR) is 97.6 cm³/mol. The molecule has 0 saturated carbocycles. The highest BCUT2D eigenvalue weighted by Crippen LogP contribution is 2.38. The van der Waals surface area contributed by atoms with Crippen LogP contribution in [0.5, 0.6) is 5.88 Å². The monoisotopic (exact) mass is 346 g/mol. The first-order valence-corrected chi connectivity index (χ1v) is 9.35. The van der Waals surface area contributed by atoms with Crippen LogP contribution in [0, 0.1) is 0 Å². The molecule has 0 aromatic carbocycles. The second kappa shape index (κ2) is 7.60. The van der Waals surface area contributed by atoms with E-state index in [-0.39, 0.29) is 17.7 Å². The molecule has 3 rings (SSSR count). The number of aromatic nitrogens is 1. The number of pyridine rings is 1. The molecule has 1 aromatic rings. The van der Waals surface area contributed by atoms with Crippen LogP contribution in [0.2, 0.25) is 0 Å². The van der Waals surface area contributed by atoms with Crippen molar-refractivity contribution >= 4 is 6.03 Å². The summed E-state index contributed by atoms with van der Waals surface area (Å²) in [6.45, 7) is 7.40. The van der Waals surface area contributed by atoms with Gasteiger partial charge in [0.15, 0.2) is 0 Å². The molecule has 138 valence electrons. The number of carbonyl (C=O) groups excluding carboxylic acids is 1. The van der Waals surface area contributed by atoms with Crippen LogP contribution < -0.4 is 10.1 Å². The topological polar surface area (TPSA) is 57.7 Å². The fraction of sp³-hybridized carbons (Fsp3) is 0.684. The van der Waals surface area contributed by atoms with Crippen LogP contribution >= 0.6 is 0 Å². The minimum Gasteiger partial charge on any atom is -0.475 e. The van der Waals surface area contributed by atoms with E-state index < -0.39 is 0 Å². The van der Waals surface area contributed by atoms with E-state index in [4.69, 9.17) is 4.74 Å². The fourth-order valence-electron chi connectivity index (χ4n) is 3.96. The Morgan fingerprint density at radius 3 is 2.80 bits per heavy atom. The van der Waals surface area contributed by atoms with Crippen molar-refractivity contribution in [1.29, 1.82) is 0 Å². The van der Waals surface area contributed by atoms with E-state index >= 15 is 0 Å². The number of hydrogen-bond acceptors (Lipinski definition) is 4. The smallest absolute Gasteiger partial charge is 0.318 e. The molecule has 1 N–H and O–H groups in total. The molecule has 2 amide bonds. The Kier molecular flexibility index (Phi) is 5.47. The Balaban J connectivity index is 1.63. The lowest BCUT2D eigenvalue weighted by Gasteiger charge is -2.44. The summed E-state index contributed by atoms with van der Waals surface area (Å²) >= 11 is 0. The van der Waals surface area contributed by atoms with Crippen molar-refractivity contribution in [2.45, 2.75) is 57.7 Å². The Labute approximate surface area is 150 Å². The van der Waals surface area contributed by atoms with E-state index in [1.807, 2.05) is 26.0 Å². The van der Waals surface area contributed by atoms with Gasteiger partial charge >= 0.3 is 6.03 Å². The molecule has 2 fully saturated rings. The van der Waals surface area contributed by atoms with Crippen LogP contribution in [0.1, 0.15) is 45.1 Å². The van der Waals surface area contributed by atoms with E-state index in [1.165, 1.54) is 0 Å². The van der Waals surface area contributed by atoms with Crippen molar-refractivity contribution in [3.05, 3.63) is 23.9 Å². The molecule has 3 heterocycles. The van der Waals surface area contributed by atoms with E-state index in [0.29, 0.717) is 12.4 Å². The van der Waals surface area contributed by atoms with Gasteiger partial charge in [0.2, 0.25) is 5.88 Å². The summed E-state index contributed by atoms with van der Waals surface area (Å²) < 4.78 is 5.74. The van der Waals surface area contributed by atoms with Gasteiger partial charge in [-0.25, -0.2) is 9.78 Å². The van der Waals surface area contributed by atoms with E-state index in [9.17, 15) is 4.79 Å². The van der Waals surface area contributed by atoms with Crippen molar-refractivity contribution in [3.63, 3.8) is 0 Å². The molecule has 1 aromatic heterocycles. The number of likely N-dealkylation sites (tertiary alicyclic amines) is 2. The van der Waals surface area contributed by atoms with Gasteiger partial charge in [-0.2, -0.15) is 0 Å². The third-order valence-corrected chi connectivity index (χ3v) is 5.39. The standard InChI is InChI=1S/C19H30N4O2/c1-15(2)25-17-16(6-4-10-20-17)14-21-18(24)23-11-5-7-19(23)8-12-22(3)13-9-19/h4,6,10,15H,5,7-9,11-14H2,1-3H3,(H,21,24). The third-order valence-electron chi connectivity index (χ3n) is 5.39. The number of piperidine rings is 1. The molecule has 0 bridgehead atoms. The maximum absolute atomic E-state index is 12.8. The molecule has 0 unspecified atom stereocenters. The molecule has 0 atom stereocenters. The Morgan fingerprint density at radius 1 is 1.32 bits per heavy atom. The first kappa shape index (κ1) is 18.0. The molecule has 2 aliphatic heterocycles. The summed E-state index contributed by atoms with van der Waals surface area (Å²) in [6, 6.07) is 3.88.